The summed E-state index contributed by atoms with van der Waals surface area (Å²) < 4.78 is 0. The Labute approximate surface area is 192 Å². The standard InChI is InChI=1S/C24H27N7O2/c1-29(2)16-9-7-15(8-10-16)21-20-22(27-26-21)17-5-4-6-18(19(17)23(20)32)25-24(33)28-31-13-11-30(3)12-14-31/h4-10H,11-14H2,1-3H3,(H,26,27)(H2,25,28,33). The Morgan fingerprint density at radius 1 is 1.03 bits per heavy atom. The Morgan fingerprint density at radius 3 is 2.45 bits per heavy atom. The summed E-state index contributed by atoms with van der Waals surface area (Å²) in [4.78, 5) is 30.4. The third-order valence-electron chi connectivity index (χ3n) is 6.22. The maximum absolute atomic E-state index is 13.5. The van der Waals surface area contributed by atoms with E-state index in [1.165, 1.54) is 0 Å². The van der Waals surface area contributed by atoms with Crippen LogP contribution in [0, 0.1) is 0 Å². The molecular formula is C24H27N7O2. The molecule has 0 radical (unpaired) electrons. The van der Waals surface area contributed by atoms with Crippen molar-refractivity contribution in [2.24, 2.45) is 0 Å². The summed E-state index contributed by atoms with van der Waals surface area (Å²) in [5.41, 5.74) is 8.37. The van der Waals surface area contributed by atoms with Crippen LogP contribution in [0.3, 0.4) is 0 Å². The lowest BCUT2D eigenvalue weighted by Crippen LogP contribution is -2.53. The molecule has 3 aromatic rings. The average molecular weight is 446 g/mol. The number of H-pyrrole nitrogens is 1. The van der Waals surface area contributed by atoms with E-state index in [1.54, 1.807) is 6.07 Å². The van der Waals surface area contributed by atoms with Crippen molar-refractivity contribution in [3.63, 3.8) is 0 Å². The molecule has 1 aliphatic carbocycles. The van der Waals surface area contributed by atoms with Crippen LogP contribution in [0.2, 0.25) is 0 Å². The number of hydrazine groups is 1. The lowest BCUT2D eigenvalue weighted by atomic mass is 10.0. The first-order valence-electron chi connectivity index (χ1n) is 11.0. The van der Waals surface area contributed by atoms with E-state index in [0.717, 1.165) is 43.0 Å². The minimum atomic E-state index is -0.353. The number of aromatic amines is 1. The van der Waals surface area contributed by atoms with Crippen LogP contribution in [0.25, 0.3) is 22.5 Å². The molecule has 2 aliphatic rings. The van der Waals surface area contributed by atoms with Gasteiger partial charge in [-0.2, -0.15) is 5.10 Å². The minimum absolute atomic E-state index is 0.143. The molecule has 1 saturated heterocycles. The van der Waals surface area contributed by atoms with Crippen molar-refractivity contribution >= 4 is 23.2 Å². The monoisotopic (exact) mass is 445 g/mol. The maximum atomic E-state index is 13.5. The number of nitrogens with zero attached hydrogens (tertiary/aromatic N) is 4. The number of anilines is 2. The van der Waals surface area contributed by atoms with Gasteiger partial charge >= 0.3 is 6.03 Å². The molecular weight excluding hydrogens is 418 g/mol. The van der Waals surface area contributed by atoms with Gasteiger partial charge < -0.3 is 15.1 Å². The van der Waals surface area contributed by atoms with E-state index in [4.69, 9.17) is 0 Å². The summed E-state index contributed by atoms with van der Waals surface area (Å²) in [6.45, 7) is 3.28. The van der Waals surface area contributed by atoms with E-state index in [2.05, 4.69) is 32.9 Å². The number of aromatic nitrogens is 2. The SMILES string of the molecule is CN1CCN(NC(=O)Nc2cccc3c2C(=O)c2c(-c4ccc(N(C)C)cc4)n[nH]c2-3)CC1. The predicted octanol–water partition coefficient (Wildman–Crippen LogP) is 2.64. The summed E-state index contributed by atoms with van der Waals surface area (Å²) in [5, 5.41) is 12.2. The second-order valence-corrected chi connectivity index (χ2v) is 8.68. The third-order valence-corrected chi connectivity index (χ3v) is 6.22. The molecule has 0 saturated carbocycles. The van der Waals surface area contributed by atoms with Crippen molar-refractivity contribution in [3.8, 4) is 22.5 Å². The van der Waals surface area contributed by atoms with Gasteiger partial charge in [0.15, 0.2) is 5.78 Å². The van der Waals surface area contributed by atoms with Crippen molar-refractivity contribution in [1.29, 1.82) is 0 Å². The average Bonchev–Trinajstić information content (AvgIpc) is 3.36. The molecule has 1 fully saturated rings. The number of urea groups is 1. The van der Waals surface area contributed by atoms with Crippen molar-refractivity contribution in [2.75, 3.05) is 57.5 Å². The van der Waals surface area contributed by atoms with Crippen LogP contribution in [0.1, 0.15) is 15.9 Å². The zero-order chi connectivity index (χ0) is 23.1. The first-order valence-corrected chi connectivity index (χ1v) is 11.0. The molecule has 0 unspecified atom stereocenters. The predicted molar refractivity (Wildman–Crippen MR) is 128 cm³/mol. The maximum Gasteiger partial charge on any atom is 0.333 e. The number of amides is 2. The van der Waals surface area contributed by atoms with E-state index < -0.39 is 0 Å². The smallest absolute Gasteiger partial charge is 0.333 e. The fraction of sp³-hybridized carbons (Fsp3) is 0.292. The van der Waals surface area contributed by atoms with Gasteiger partial charge in [0.1, 0.15) is 5.69 Å². The molecule has 3 N–H and O–H groups in total. The van der Waals surface area contributed by atoms with E-state index in [0.29, 0.717) is 28.2 Å². The highest BCUT2D eigenvalue weighted by Crippen LogP contribution is 2.43. The Morgan fingerprint density at radius 2 is 1.76 bits per heavy atom. The van der Waals surface area contributed by atoms with Gasteiger partial charge in [-0.1, -0.05) is 24.3 Å². The van der Waals surface area contributed by atoms with Crippen LogP contribution in [-0.2, 0) is 0 Å². The van der Waals surface area contributed by atoms with E-state index in [-0.39, 0.29) is 11.8 Å². The molecule has 9 nitrogen and oxygen atoms in total. The lowest BCUT2D eigenvalue weighted by molar-refractivity contribution is 0.104. The fourth-order valence-corrected chi connectivity index (χ4v) is 4.33. The highest BCUT2D eigenvalue weighted by atomic mass is 16.2. The van der Waals surface area contributed by atoms with Gasteiger partial charge in [-0.05, 0) is 25.2 Å². The number of fused-ring (bicyclic) bond motifs is 3. The number of hydrogen-bond acceptors (Lipinski definition) is 6. The Hall–Kier alpha value is -3.69. The van der Waals surface area contributed by atoms with Crippen molar-refractivity contribution in [2.45, 2.75) is 0 Å². The molecule has 1 aliphatic heterocycles. The normalized spacial score (nSPS) is 15.8. The van der Waals surface area contributed by atoms with Gasteiger partial charge in [0.2, 0.25) is 0 Å². The molecule has 2 aromatic carbocycles. The number of rotatable bonds is 4. The molecule has 0 bridgehead atoms. The van der Waals surface area contributed by atoms with Crippen molar-refractivity contribution in [1.82, 2.24) is 25.5 Å². The molecule has 0 atom stereocenters. The number of ketones is 1. The summed E-state index contributed by atoms with van der Waals surface area (Å²) in [5.74, 6) is -0.143. The van der Waals surface area contributed by atoms with Crippen molar-refractivity contribution in [3.05, 3.63) is 53.6 Å². The second-order valence-electron chi connectivity index (χ2n) is 8.68. The molecule has 2 heterocycles. The van der Waals surface area contributed by atoms with Crippen LogP contribution in [0.4, 0.5) is 16.2 Å². The number of hydrogen-bond donors (Lipinski definition) is 3. The fourth-order valence-electron chi connectivity index (χ4n) is 4.33. The van der Waals surface area contributed by atoms with Gasteiger partial charge in [0.05, 0.1) is 22.5 Å². The molecule has 33 heavy (non-hydrogen) atoms. The van der Waals surface area contributed by atoms with E-state index in [1.807, 2.05) is 60.4 Å². The van der Waals surface area contributed by atoms with Gasteiger partial charge in [0, 0.05) is 57.1 Å². The van der Waals surface area contributed by atoms with Gasteiger partial charge in [0.25, 0.3) is 0 Å². The molecule has 9 heteroatoms. The minimum Gasteiger partial charge on any atom is -0.378 e. The highest BCUT2D eigenvalue weighted by Gasteiger charge is 2.35. The second kappa shape index (κ2) is 8.34. The van der Waals surface area contributed by atoms with Crippen LogP contribution < -0.4 is 15.6 Å². The van der Waals surface area contributed by atoms with E-state index >= 15 is 0 Å². The Balaban J connectivity index is 1.39. The van der Waals surface area contributed by atoms with E-state index in [9.17, 15) is 9.59 Å². The number of piperazine rings is 1. The topological polar surface area (TPSA) is 96.6 Å². The lowest BCUT2D eigenvalue weighted by Gasteiger charge is -2.32. The number of nitrogens with one attached hydrogen (secondary N) is 3. The van der Waals surface area contributed by atoms with Crippen LogP contribution in [0.15, 0.2) is 42.5 Å². The zero-order valence-electron chi connectivity index (χ0n) is 19.0. The highest BCUT2D eigenvalue weighted by molar-refractivity contribution is 6.26. The first kappa shape index (κ1) is 21.2. The van der Waals surface area contributed by atoms with Crippen LogP contribution >= 0.6 is 0 Å². The van der Waals surface area contributed by atoms with Crippen molar-refractivity contribution < 1.29 is 9.59 Å². The first-order chi connectivity index (χ1) is 15.9. The molecule has 5 rings (SSSR count). The quantitative estimate of drug-likeness (QED) is 0.447. The molecule has 170 valence electrons. The third kappa shape index (κ3) is 3.85. The van der Waals surface area contributed by atoms with Crippen LogP contribution in [0.5, 0.6) is 0 Å². The largest absolute Gasteiger partial charge is 0.378 e. The summed E-state index contributed by atoms with van der Waals surface area (Å²) >= 11 is 0. The number of carbonyl (C=O) groups excluding carboxylic acids is 2. The summed E-state index contributed by atoms with van der Waals surface area (Å²) in [6, 6.07) is 13.0. The number of likely N-dealkylation sites (N-methyl/N-ethyl adjacent to an activating group) is 1. The number of carbonyl (C=O) groups is 2. The summed E-state index contributed by atoms with van der Waals surface area (Å²) in [6.07, 6.45) is 0. The molecule has 1 aromatic heterocycles. The Bertz CT molecular complexity index is 1210. The molecule has 0 spiro atoms. The molecule has 2 amide bonds. The van der Waals surface area contributed by atoms with Gasteiger partial charge in [-0.15, -0.1) is 0 Å². The van der Waals surface area contributed by atoms with Crippen LogP contribution in [-0.4, -0.2) is 79.2 Å². The Kier molecular flexibility index (Phi) is 5.35. The van der Waals surface area contributed by atoms with Gasteiger partial charge in [-0.25, -0.2) is 9.80 Å². The zero-order valence-corrected chi connectivity index (χ0v) is 19.0. The number of benzene rings is 2. The summed E-state index contributed by atoms with van der Waals surface area (Å²) in [7, 11) is 6.02. The van der Waals surface area contributed by atoms with Gasteiger partial charge in [-0.3, -0.25) is 15.3 Å².